The lowest BCUT2D eigenvalue weighted by molar-refractivity contribution is -0.114. The van der Waals surface area contributed by atoms with Gasteiger partial charge in [0.05, 0.1) is 6.10 Å². The molecule has 0 unspecified atom stereocenters. The van der Waals surface area contributed by atoms with Gasteiger partial charge in [0.2, 0.25) is 0 Å². The minimum atomic E-state index is -1.40. The van der Waals surface area contributed by atoms with E-state index in [0.29, 0.717) is 18.8 Å². The van der Waals surface area contributed by atoms with E-state index in [0.717, 1.165) is 38.5 Å². The van der Waals surface area contributed by atoms with E-state index in [1.807, 2.05) is 6.08 Å². The molecular weight excluding hydrogens is 444 g/mol. The van der Waals surface area contributed by atoms with Crippen LogP contribution in [0.25, 0.3) is 0 Å². The molecule has 0 heterocycles. The third-order valence-electron chi connectivity index (χ3n) is 9.79. The fourth-order valence-electron chi connectivity index (χ4n) is 7.74. The first kappa shape index (κ1) is 25.5. The lowest BCUT2D eigenvalue weighted by Crippen LogP contribution is -2.54. The summed E-state index contributed by atoms with van der Waals surface area (Å²) in [5.41, 5.74) is 4.87. The molecule has 2 N–H and O–H groups in total. The Hall–Kier alpha value is -2.15. The van der Waals surface area contributed by atoms with Crippen LogP contribution in [0.2, 0.25) is 0 Å². The summed E-state index contributed by atoms with van der Waals surface area (Å²) in [6, 6.07) is 9.06. The van der Waals surface area contributed by atoms with E-state index in [1.165, 1.54) is 27.8 Å². The number of ketones is 1. The van der Waals surface area contributed by atoms with Gasteiger partial charge in [0, 0.05) is 24.2 Å². The van der Waals surface area contributed by atoms with Crippen molar-refractivity contribution in [3.05, 3.63) is 58.2 Å². The molecule has 192 valence electrons. The van der Waals surface area contributed by atoms with E-state index >= 15 is 0 Å². The summed E-state index contributed by atoms with van der Waals surface area (Å²) >= 11 is 0. The molecule has 0 amide bonds. The van der Waals surface area contributed by atoms with Gasteiger partial charge in [-0.05, 0) is 84.1 Å². The summed E-state index contributed by atoms with van der Waals surface area (Å²) in [4.78, 5) is 12.3. The summed E-state index contributed by atoms with van der Waals surface area (Å²) < 4.78 is 0. The van der Waals surface area contributed by atoms with Gasteiger partial charge in [0.1, 0.15) is 0 Å². The first-order chi connectivity index (χ1) is 17.0. The Morgan fingerprint density at radius 3 is 2.50 bits per heavy atom. The van der Waals surface area contributed by atoms with Crippen LogP contribution in [0.4, 0.5) is 0 Å². The largest absolute Gasteiger partial charge is 0.389 e. The SMILES string of the molecule is CCCC#C[C@]1(O)[C@H](O)C[C@H]2[C@@H]3CCC4=CC(=O)CCC4=C3[C@@H](c3ccc(C(C)(C)C)cc3)C[C@@]21C. The van der Waals surface area contributed by atoms with E-state index in [-0.39, 0.29) is 23.0 Å². The predicted molar refractivity (Wildman–Crippen MR) is 144 cm³/mol. The van der Waals surface area contributed by atoms with Crippen LogP contribution < -0.4 is 0 Å². The average molecular weight is 487 g/mol. The molecule has 5 rings (SSSR count). The highest BCUT2D eigenvalue weighted by molar-refractivity contribution is 5.93. The molecule has 0 bridgehead atoms. The Morgan fingerprint density at radius 1 is 1.11 bits per heavy atom. The number of carbonyl (C=O) groups is 1. The zero-order chi connectivity index (χ0) is 25.9. The maximum Gasteiger partial charge on any atom is 0.156 e. The number of fused-ring (bicyclic) bond motifs is 4. The molecule has 36 heavy (non-hydrogen) atoms. The molecule has 1 aromatic carbocycles. The highest BCUT2D eigenvalue weighted by Gasteiger charge is 2.66. The summed E-state index contributed by atoms with van der Waals surface area (Å²) in [5, 5.41) is 23.3. The zero-order valence-corrected chi connectivity index (χ0v) is 22.7. The summed E-state index contributed by atoms with van der Waals surface area (Å²) in [7, 11) is 0. The molecule has 6 atom stereocenters. The van der Waals surface area contributed by atoms with Crippen molar-refractivity contribution >= 4 is 5.78 Å². The molecule has 0 saturated heterocycles. The number of benzene rings is 1. The fraction of sp³-hybridized carbons (Fsp3) is 0.606. The normalized spacial score (nSPS) is 35.9. The number of aliphatic hydroxyl groups is 2. The van der Waals surface area contributed by atoms with Crippen LogP contribution in [0.5, 0.6) is 0 Å². The maximum atomic E-state index is 12.3. The van der Waals surface area contributed by atoms with E-state index in [9.17, 15) is 15.0 Å². The Morgan fingerprint density at radius 2 is 1.83 bits per heavy atom. The second-order valence-electron chi connectivity index (χ2n) is 12.9. The molecule has 0 aliphatic heterocycles. The number of aliphatic hydroxyl groups excluding tert-OH is 1. The molecule has 0 radical (unpaired) electrons. The van der Waals surface area contributed by atoms with Crippen LogP contribution >= 0.6 is 0 Å². The minimum Gasteiger partial charge on any atom is -0.389 e. The third-order valence-corrected chi connectivity index (χ3v) is 9.79. The number of rotatable bonds is 2. The lowest BCUT2D eigenvalue weighted by Gasteiger charge is -2.53. The molecule has 4 aliphatic rings. The predicted octanol–water partition coefficient (Wildman–Crippen LogP) is 6.39. The topological polar surface area (TPSA) is 57.5 Å². The highest BCUT2D eigenvalue weighted by Crippen LogP contribution is 2.66. The van der Waals surface area contributed by atoms with Crippen LogP contribution in [0.15, 0.2) is 47.1 Å². The Labute approximate surface area is 217 Å². The monoisotopic (exact) mass is 486 g/mol. The van der Waals surface area contributed by atoms with Gasteiger partial charge in [0.15, 0.2) is 11.4 Å². The summed E-state index contributed by atoms with van der Waals surface area (Å²) in [6.07, 6.45) is 7.36. The van der Waals surface area contributed by atoms with Gasteiger partial charge in [0.25, 0.3) is 0 Å². The van der Waals surface area contributed by atoms with Crippen molar-refractivity contribution in [1.82, 2.24) is 0 Å². The molecular formula is C33H42O3. The number of allylic oxidation sites excluding steroid dienone is 4. The first-order valence-electron chi connectivity index (χ1n) is 14.0. The smallest absolute Gasteiger partial charge is 0.156 e. The van der Waals surface area contributed by atoms with Gasteiger partial charge < -0.3 is 10.2 Å². The van der Waals surface area contributed by atoms with Gasteiger partial charge in [-0.3, -0.25) is 4.79 Å². The second kappa shape index (κ2) is 9.00. The quantitative estimate of drug-likeness (QED) is 0.476. The van der Waals surface area contributed by atoms with E-state index < -0.39 is 17.1 Å². The molecule has 2 saturated carbocycles. The highest BCUT2D eigenvalue weighted by atomic mass is 16.3. The van der Waals surface area contributed by atoms with Crippen molar-refractivity contribution in [2.45, 2.75) is 109 Å². The van der Waals surface area contributed by atoms with Gasteiger partial charge in [-0.2, -0.15) is 0 Å². The van der Waals surface area contributed by atoms with Crippen molar-refractivity contribution in [3.8, 4) is 11.8 Å². The molecule has 0 spiro atoms. The average Bonchev–Trinajstić information content (AvgIpc) is 3.03. The van der Waals surface area contributed by atoms with Gasteiger partial charge in [-0.15, -0.1) is 5.92 Å². The van der Waals surface area contributed by atoms with Crippen LogP contribution in [0.1, 0.15) is 103 Å². The fourth-order valence-corrected chi connectivity index (χ4v) is 7.74. The van der Waals surface area contributed by atoms with E-state index in [2.05, 4.69) is 70.7 Å². The molecule has 2 fully saturated rings. The van der Waals surface area contributed by atoms with Crippen LogP contribution in [0.3, 0.4) is 0 Å². The Bertz CT molecular complexity index is 1170. The van der Waals surface area contributed by atoms with E-state index in [1.54, 1.807) is 0 Å². The molecule has 3 nitrogen and oxygen atoms in total. The number of hydrogen-bond acceptors (Lipinski definition) is 3. The third kappa shape index (κ3) is 3.93. The number of carbonyl (C=O) groups excluding carboxylic acids is 1. The van der Waals surface area contributed by atoms with Crippen molar-refractivity contribution in [2.24, 2.45) is 17.3 Å². The molecule has 3 heteroatoms. The van der Waals surface area contributed by atoms with Crippen molar-refractivity contribution in [3.63, 3.8) is 0 Å². The van der Waals surface area contributed by atoms with Crippen molar-refractivity contribution < 1.29 is 15.0 Å². The first-order valence-corrected chi connectivity index (χ1v) is 14.0. The maximum absolute atomic E-state index is 12.3. The molecule has 4 aliphatic carbocycles. The zero-order valence-electron chi connectivity index (χ0n) is 22.7. The van der Waals surface area contributed by atoms with E-state index in [4.69, 9.17) is 0 Å². The van der Waals surface area contributed by atoms with Crippen LogP contribution in [-0.2, 0) is 10.2 Å². The Balaban J connectivity index is 1.66. The second-order valence-corrected chi connectivity index (χ2v) is 12.9. The lowest BCUT2D eigenvalue weighted by atomic mass is 9.51. The number of unbranched alkanes of at least 4 members (excludes halogenated alkanes) is 1. The molecule has 0 aromatic heterocycles. The standard InChI is InChI=1S/C33H42O3/c1-6-7-8-17-33(36)29(35)19-28-26-15-11-22-18-24(34)14-16-25(22)30(26)27(20-32(28,33)5)21-9-12-23(13-10-21)31(2,3)4/h9-10,12-13,18,26-29,35-36H,6-7,11,14-16,19-20H2,1-5H3/t26-,27+,28-,29+,32-,33-/m0/s1. The van der Waals surface area contributed by atoms with Crippen molar-refractivity contribution in [1.29, 1.82) is 0 Å². The summed E-state index contributed by atoms with van der Waals surface area (Å²) in [5.74, 6) is 7.26. The van der Waals surface area contributed by atoms with Gasteiger partial charge in [-0.1, -0.05) is 70.4 Å². The van der Waals surface area contributed by atoms with Crippen molar-refractivity contribution in [2.75, 3.05) is 0 Å². The van der Waals surface area contributed by atoms with Crippen LogP contribution in [-0.4, -0.2) is 27.7 Å². The van der Waals surface area contributed by atoms with Crippen LogP contribution in [0, 0.1) is 29.1 Å². The molecule has 1 aromatic rings. The Kier molecular flexibility index (Phi) is 6.37. The number of hydrogen-bond donors (Lipinski definition) is 2. The summed E-state index contributed by atoms with van der Waals surface area (Å²) in [6.45, 7) is 11.0. The van der Waals surface area contributed by atoms with Gasteiger partial charge >= 0.3 is 0 Å². The minimum absolute atomic E-state index is 0.0851. The van der Waals surface area contributed by atoms with Gasteiger partial charge in [-0.25, -0.2) is 0 Å².